The number of nitrogens with one attached hydrogen (secondary N) is 1. The molecule has 146 valence electrons. The van der Waals surface area contributed by atoms with E-state index in [1.54, 1.807) is 0 Å². The summed E-state index contributed by atoms with van der Waals surface area (Å²) in [5.74, 6) is 1.41. The molecule has 1 aliphatic carbocycles. The van der Waals surface area contributed by atoms with Gasteiger partial charge in [-0.3, -0.25) is 0 Å². The number of benzene rings is 2. The molecule has 2 aromatic rings. The van der Waals surface area contributed by atoms with Gasteiger partial charge in [0, 0.05) is 24.2 Å². The van der Waals surface area contributed by atoms with Gasteiger partial charge in [0.15, 0.2) is 0 Å². The van der Waals surface area contributed by atoms with Crippen LogP contribution in [0.4, 0.5) is 0 Å². The molecule has 2 N–H and O–H groups in total. The number of fused-ring (bicyclic) bond motifs is 1. The van der Waals surface area contributed by atoms with Crippen molar-refractivity contribution >= 4 is 11.6 Å². The van der Waals surface area contributed by atoms with Gasteiger partial charge in [0.2, 0.25) is 0 Å². The first-order valence-electron chi connectivity index (χ1n) is 9.58. The van der Waals surface area contributed by atoms with E-state index in [0.717, 1.165) is 24.2 Å². The van der Waals surface area contributed by atoms with Gasteiger partial charge in [-0.15, -0.1) is 0 Å². The second-order valence-electron chi connectivity index (χ2n) is 7.08. The van der Waals surface area contributed by atoms with Crippen LogP contribution in [0, 0.1) is 6.92 Å². The highest BCUT2D eigenvalue weighted by atomic mass is 35.5. The van der Waals surface area contributed by atoms with Crippen LogP contribution in [-0.4, -0.2) is 24.4 Å². The molecule has 0 radical (unpaired) electrons. The van der Waals surface area contributed by atoms with Crippen molar-refractivity contribution in [3.63, 3.8) is 0 Å². The first kappa shape index (κ1) is 20.0. The summed E-state index contributed by atoms with van der Waals surface area (Å²) in [7, 11) is 0. The molecule has 4 nitrogen and oxygen atoms in total. The van der Waals surface area contributed by atoms with Crippen molar-refractivity contribution in [2.45, 2.75) is 52.3 Å². The van der Waals surface area contributed by atoms with E-state index in [4.69, 9.17) is 21.1 Å². The maximum absolute atomic E-state index is 9.20. The Morgan fingerprint density at radius 3 is 2.85 bits per heavy atom. The summed E-state index contributed by atoms with van der Waals surface area (Å²) in [6, 6.07) is 10.2. The SMILES string of the molecule is CCOc1cc(O[C@H]2CCc3c(C)cccc32)c(Cl)cc1CN[C@H](C)CO. The van der Waals surface area contributed by atoms with E-state index < -0.39 is 0 Å². The highest BCUT2D eigenvalue weighted by Gasteiger charge is 2.26. The van der Waals surface area contributed by atoms with Gasteiger partial charge >= 0.3 is 0 Å². The van der Waals surface area contributed by atoms with Crippen LogP contribution in [0.3, 0.4) is 0 Å². The molecule has 2 aromatic carbocycles. The fourth-order valence-corrected chi connectivity index (χ4v) is 3.75. The minimum absolute atomic E-state index is 0.00686. The quantitative estimate of drug-likeness (QED) is 0.693. The summed E-state index contributed by atoms with van der Waals surface area (Å²) in [5, 5.41) is 13.0. The van der Waals surface area contributed by atoms with E-state index in [2.05, 4.69) is 30.4 Å². The molecule has 0 fully saturated rings. The second-order valence-corrected chi connectivity index (χ2v) is 7.48. The van der Waals surface area contributed by atoms with Crippen molar-refractivity contribution in [3.8, 4) is 11.5 Å². The lowest BCUT2D eigenvalue weighted by atomic mass is 10.0. The molecule has 0 aliphatic heterocycles. The smallest absolute Gasteiger partial charge is 0.142 e. The van der Waals surface area contributed by atoms with Crippen molar-refractivity contribution in [1.29, 1.82) is 0 Å². The number of rotatable bonds is 8. The largest absolute Gasteiger partial charge is 0.493 e. The average molecular weight is 390 g/mol. The van der Waals surface area contributed by atoms with Crippen molar-refractivity contribution in [2.24, 2.45) is 0 Å². The fraction of sp³-hybridized carbons (Fsp3) is 0.455. The molecule has 1 aliphatic rings. The molecule has 0 spiro atoms. The Kier molecular flexibility index (Phi) is 6.64. The molecule has 0 unspecified atom stereocenters. The summed E-state index contributed by atoms with van der Waals surface area (Å²) in [4.78, 5) is 0. The lowest BCUT2D eigenvalue weighted by molar-refractivity contribution is 0.206. The van der Waals surface area contributed by atoms with Crippen LogP contribution < -0.4 is 14.8 Å². The fourth-order valence-electron chi connectivity index (χ4n) is 3.52. The second kappa shape index (κ2) is 8.96. The number of aryl methyl sites for hydroxylation is 1. The van der Waals surface area contributed by atoms with Gasteiger partial charge in [-0.2, -0.15) is 0 Å². The summed E-state index contributed by atoms with van der Waals surface area (Å²) in [5.41, 5.74) is 4.92. The number of hydrogen-bond donors (Lipinski definition) is 2. The molecule has 5 heteroatoms. The van der Waals surface area contributed by atoms with E-state index in [-0.39, 0.29) is 18.8 Å². The molecule has 27 heavy (non-hydrogen) atoms. The Labute approximate surface area is 166 Å². The van der Waals surface area contributed by atoms with Gasteiger partial charge in [0.1, 0.15) is 17.6 Å². The van der Waals surface area contributed by atoms with Gasteiger partial charge < -0.3 is 19.9 Å². The zero-order valence-corrected chi connectivity index (χ0v) is 17.0. The summed E-state index contributed by atoms with van der Waals surface area (Å²) >= 11 is 6.53. The van der Waals surface area contributed by atoms with Gasteiger partial charge in [-0.05, 0) is 56.4 Å². The normalized spacial score (nSPS) is 16.9. The van der Waals surface area contributed by atoms with Crippen molar-refractivity contribution in [1.82, 2.24) is 5.32 Å². The lowest BCUT2D eigenvalue weighted by Gasteiger charge is -2.20. The topological polar surface area (TPSA) is 50.7 Å². The number of halogens is 1. The molecule has 2 atom stereocenters. The van der Waals surface area contributed by atoms with Gasteiger partial charge in [0.25, 0.3) is 0 Å². The Balaban J connectivity index is 1.82. The molecule has 0 aromatic heterocycles. The Hall–Kier alpha value is -1.75. The predicted octanol–water partition coefficient (Wildman–Crippen LogP) is 4.58. The van der Waals surface area contributed by atoms with Crippen LogP contribution in [0.15, 0.2) is 30.3 Å². The van der Waals surface area contributed by atoms with Crippen LogP contribution in [0.2, 0.25) is 5.02 Å². The number of ether oxygens (including phenoxy) is 2. The number of aliphatic hydroxyl groups excluding tert-OH is 1. The maximum Gasteiger partial charge on any atom is 0.142 e. The lowest BCUT2D eigenvalue weighted by Crippen LogP contribution is -2.28. The standard InChI is InChI=1S/C22H28ClNO3/c1-4-26-21-11-22(19(23)10-16(21)12-24-15(3)13-25)27-20-9-8-17-14(2)6-5-7-18(17)20/h5-7,10-11,15,20,24-25H,4,8-9,12-13H2,1-3H3/t15-,20+/m1/s1. The van der Waals surface area contributed by atoms with Crippen molar-refractivity contribution in [2.75, 3.05) is 13.2 Å². The van der Waals surface area contributed by atoms with Crippen molar-refractivity contribution in [3.05, 3.63) is 57.6 Å². The molecule has 0 amide bonds. The molecule has 0 bridgehead atoms. The third-order valence-corrected chi connectivity index (χ3v) is 5.34. The van der Waals surface area contributed by atoms with Crippen LogP contribution in [-0.2, 0) is 13.0 Å². The molecule has 3 rings (SSSR count). The average Bonchev–Trinajstić information content (AvgIpc) is 3.07. The number of hydrogen-bond acceptors (Lipinski definition) is 4. The third-order valence-electron chi connectivity index (χ3n) is 5.05. The van der Waals surface area contributed by atoms with Crippen LogP contribution in [0.5, 0.6) is 11.5 Å². The predicted molar refractivity (Wildman–Crippen MR) is 109 cm³/mol. The zero-order chi connectivity index (χ0) is 19.4. The monoisotopic (exact) mass is 389 g/mol. The van der Waals surface area contributed by atoms with Gasteiger partial charge in [0.05, 0.1) is 18.2 Å². The summed E-state index contributed by atoms with van der Waals surface area (Å²) in [6.07, 6.45) is 2.01. The van der Waals surface area contributed by atoms with Gasteiger partial charge in [-0.25, -0.2) is 0 Å². The van der Waals surface area contributed by atoms with Gasteiger partial charge in [-0.1, -0.05) is 29.8 Å². The molecular formula is C22H28ClNO3. The first-order valence-corrected chi connectivity index (χ1v) is 9.95. The molecule has 0 saturated carbocycles. The first-order chi connectivity index (χ1) is 13.0. The Bertz CT molecular complexity index is 793. The Morgan fingerprint density at radius 2 is 2.11 bits per heavy atom. The maximum atomic E-state index is 9.20. The number of aliphatic hydroxyl groups is 1. The zero-order valence-electron chi connectivity index (χ0n) is 16.2. The highest BCUT2D eigenvalue weighted by molar-refractivity contribution is 6.32. The van der Waals surface area contributed by atoms with E-state index in [0.29, 0.717) is 23.9 Å². The van der Waals surface area contributed by atoms with Crippen LogP contribution in [0.25, 0.3) is 0 Å². The molecular weight excluding hydrogens is 362 g/mol. The summed E-state index contributed by atoms with van der Waals surface area (Å²) < 4.78 is 12.1. The molecule has 0 saturated heterocycles. The van der Waals surface area contributed by atoms with E-state index in [9.17, 15) is 5.11 Å². The third kappa shape index (κ3) is 4.57. The minimum Gasteiger partial charge on any atom is -0.493 e. The van der Waals surface area contributed by atoms with E-state index >= 15 is 0 Å². The van der Waals surface area contributed by atoms with E-state index in [1.165, 1.54) is 16.7 Å². The molecule has 0 heterocycles. The van der Waals surface area contributed by atoms with Crippen molar-refractivity contribution < 1.29 is 14.6 Å². The van der Waals surface area contributed by atoms with Crippen LogP contribution in [0.1, 0.15) is 48.6 Å². The summed E-state index contributed by atoms with van der Waals surface area (Å²) in [6.45, 7) is 7.26. The highest BCUT2D eigenvalue weighted by Crippen LogP contribution is 2.40. The minimum atomic E-state index is 0.00686. The van der Waals surface area contributed by atoms with E-state index in [1.807, 2.05) is 26.0 Å². The Morgan fingerprint density at radius 1 is 1.30 bits per heavy atom. The van der Waals surface area contributed by atoms with Crippen LogP contribution >= 0.6 is 11.6 Å².